The second-order valence-corrected chi connectivity index (χ2v) is 3.48. The van der Waals surface area contributed by atoms with E-state index in [1.54, 1.807) is 6.92 Å². The summed E-state index contributed by atoms with van der Waals surface area (Å²) < 4.78 is 29.3. The van der Waals surface area contributed by atoms with Gasteiger partial charge in [-0.15, -0.1) is 11.6 Å². The Balaban J connectivity index is 2.78. The summed E-state index contributed by atoms with van der Waals surface area (Å²) in [6.45, 7) is 0.953. The molecule has 0 saturated heterocycles. The van der Waals surface area contributed by atoms with Gasteiger partial charge in [-0.05, 0) is 6.92 Å². The summed E-state index contributed by atoms with van der Waals surface area (Å²) in [5.74, 6) is -0.548. The minimum absolute atomic E-state index is 0.0224. The maximum Gasteiger partial charge on any atom is 0.291 e. The van der Waals surface area contributed by atoms with Crippen molar-refractivity contribution in [2.24, 2.45) is 0 Å². The molecule has 16 heavy (non-hydrogen) atoms. The van der Waals surface area contributed by atoms with Gasteiger partial charge in [0.05, 0.1) is 12.2 Å². The summed E-state index contributed by atoms with van der Waals surface area (Å²) in [7, 11) is 0. The van der Waals surface area contributed by atoms with Crippen LogP contribution >= 0.6 is 11.6 Å². The fourth-order valence-electron chi connectivity index (χ4n) is 1.20. The van der Waals surface area contributed by atoms with Gasteiger partial charge in [0.2, 0.25) is 5.76 Å². The molecule has 0 aliphatic carbocycles. The van der Waals surface area contributed by atoms with Crippen molar-refractivity contribution in [1.82, 2.24) is 9.88 Å². The number of hydrogen-bond acceptors (Lipinski definition) is 3. The summed E-state index contributed by atoms with van der Waals surface area (Å²) in [4.78, 5) is 16.4. The molecule has 1 heterocycles. The molecule has 1 amide bonds. The topological polar surface area (TPSA) is 46.3 Å². The van der Waals surface area contributed by atoms with E-state index < -0.39 is 18.9 Å². The predicted octanol–water partition coefficient (Wildman–Crippen LogP) is 1.93. The maximum atomic E-state index is 12.2. The molecule has 0 aromatic carbocycles. The van der Waals surface area contributed by atoms with Gasteiger partial charge in [0.1, 0.15) is 0 Å². The number of aryl methyl sites for hydroxylation is 1. The third-order valence-electron chi connectivity index (χ3n) is 1.94. The summed E-state index contributed by atoms with van der Waals surface area (Å²) >= 11 is 5.44. The average molecular weight is 253 g/mol. The molecule has 1 aromatic rings. The zero-order valence-electron chi connectivity index (χ0n) is 8.62. The lowest BCUT2D eigenvalue weighted by Gasteiger charge is -2.19. The number of carbonyl (C=O) groups excluding carboxylic acids is 1. The molecule has 0 N–H and O–H groups in total. The Morgan fingerprint density at radius 1 is 1.69 bits per heavy atom. The van der Waals surface area contributed by atoms with Crippen molar-refractivity contribution in [3.05, 3.63) is 17.8 Å². The van der Waals surface area contributed by atoms with Gasteiger partial charge in [-0.25, -0.2) is 13.8 Å². The maximum absolute atomic E-state index is 12.2. The highest BCUT2D eigenvalue weighted by Crippen LogP contribution is 2.11. The number of hydrogen-bond donors (Lipinski definition) is 0. The summed E-state index contributed by atoms with van der Waals surface area (Å²) in [6, 6.07) is 0. The first-order chi connectivity index (χ1) is 7.56. The van der Waals surface area contributed by atoms with Gasteiger partial charge in [0.15, 0.2) is 6.39 Å². The highest BCUT2D eigenvalue weighted by Gasteiger charge is 2.23. The molecule has 0 radical (unpaired) electrons. The van der Waals surface area contributed by atoms with Crippen LogP contribution in [0.4, 0.5) is 8.78 Å². The molecule has 7 heteroatoms. The van der Waals surface area contributed by atoms with E-state index in [4.69, 9.17) is 16.0 Å². The van der Waals surface area contributed by atoms with E-state index >= 15 is 0 Å². The lowest BCUT2D eigenvalue weighted by Crippen LogP contribution is -2.36. The molecule has 0 spiro atoms. The van der Waals surface area contributed by atoms with Crippen LogP contribution in [0.25, 0.3) is 0 Å². The molecule has 4 nitrogen and oxygen atoms in total. The van der Waals surface area contributed by atoms with Crippen LogP contribution in [0.5, 0.6) is 0 Å². The van der Waals surface area contributed by atoms with Gasteiger partial charge in [-0.3, -0.25) is 4.79 Å². The van der Waals surface area contributed by atoms with E-state index in [0.717, 1.165) is 11.3 Å². The van der Waals surface area contributed by atoms with Crippen LogP contribution in [0.1, 0.15) is 16.2 Å². The first-order valence-corrected chi connectivity index (χ1v) is 5.13. The molecule has 0 aliphatic heterocycles. The zero-order valence-corrected chi connectivity index (χ0v) is 9.38. The Bertz CT molecular complexity index is 357. The van der Waals surface area contributed by atoms with Gasteiger partial charge >= 0.3 is 0 Å². The molecule has 1 rings (SSSR count). The van der Waals surface area contributed by atoms with Gasteiger partial charge in [0, 0.05) is 12.4 Å². The number of nitrogens with zero attached hydrogens (tertiary/aromatic N) is 2. The van der Waals surface area contributed by atoms with Crippen molar-refractivity contribution in [3.8, 4) is 0 Å². The van der Waals surface area contributed by atoms with E-state index in [2.05, 4.69) is 4.98 Å². The first-order valence-electron chi connectivity index (χ1n) is 4.59. The summed E-state index contributed by atoms with van der Waals surface area (Å²) in [5.41, 5.74) is 0.374. The van der Waals surface area contributed by atoms with Crippen molar-refractivity contribution >= 4 is 17.5 Å². The lowest BCUT2D eigenvalue weighted by molar-refractivity contribution is 0.0543. The molecule has 1 aromatic heterocycles. The normalized spacial score (nSPS) is 10.8. The van der Waals surface area contributed by atoms with E-state index in [0.29, 0.717) is 5.69 Å². The van der Waals surface area contributed by atoms with E-state index in [1.807, 2.05) is 0 Å². The van der Waals surface area contributed by atoms with Crippen LogP contribution in [-0.2, 0) is 0 Å². The highest BCUT2D eigenvalue weighted by atomic mass is 35.5. The highest BCUT2D eigenvalue weighted by molar-refractivity contribution is 6.18. The second kappa shape index (κ2) is 5.79. The molecular formula is C9H11ClF2N2O2. The van der Waals surface area contributed by atoms with Crippen LogP contribution in [0.2, 0.25) is 0 Å². The number of oxazole rings is 1. The smallest absolute Gasteiger partial charge is 0.291 e. The Kier molecular flexibility index (Phi) is 4.67. The summed E-state index contributed by atoms with van der Waals surface area (Å²) in [5, 5.41) is 0. The first kappa shape index (κ1) is 12.9. The molecule has 0 saturated carbocycles. The number of aromatic nitrogens is 1. The van der Waals surface area contributed by atoms with Gasteiger partial charge in [0.25, 0.3) is 12.3 Å². The molecule has 0 atom stereocenters. The van der Waals surface area contributed by atoms with Crippen molar-refractivity contribution in [2.75, 3.05) is 19.0 Å². The molecule has 0 unspecified atom stereocenters. The largest absolute Gasteiger partial charge is 0.438 e. The fraction of sp³-hybridized carbons (Fsp3) is 0.556. The minimum atomic E-state index is -2.60. The van der Waals surface area contributed by atoms with Crippen molar-refractivity contribution in [1.29, 1.82) is 0 Å². The Morgan fingerprint density at radius 2 is 2.38 bits per heavy atom. The Labute approximate surface area is 96.2 Å². The van der Waals surface area contributed by atoms with Crippen molar-refractivity contribution in [2.45, 2.75) is 13.3 Å². The second-order valence-electron chi connectivity index (χ2n) is 3.10. The molecule has 0 bridgehead atoms. The SMILES string of the molecule is Cc1ncoc1C(=O)N(CCCl)CC(F)F. The average Bonchev–Trinajstić information content (AvgIpc) is 2.62. The molecule has 0 aliphatic rings. The number of carbonyl (C=O) groups is 1. The zero-order chi connectivity index (χ0) is 12.1. The van der Waals surface area contributed by atoms with E-state index in [1.165, 1.54) is 0 Å². The van der Waals surface area contributed by atoms with Crippen molar-refractivity contribution in [3.63, 3.8) is 0 Å². The van der Waals surface area contributed by atoms with Crippen molar-refractivity contribution < 1.29 is 18.0 Å². The van der Waals surface area contributed by atoms with Gasteiger partial charge in [-0.1, -0.05) is 0 Å². The number of halogens is 3. The van der Waals surface area contributed by atoms with E-state index in [9.17, 15) is 13.6 Å². The number of rotatable bonds is 5. The van der Waals surface area contributed by atoms with Crippen LogP contribution < -0.4 is 0 Å². The molecule has 90 valence electrons. The number of amides is 1. The van der Waals surface area contributed by atoms with Crippen LogP contribution in [0.3, 0.4) is 0 Å². The Hall–Kier alpha value is -1.17. The van der Waals surface area contributed by atoms with Crippen LogP contribution in [0.15, 0.2) is 10.8 Å². The third kappa shape index (κ3) is 3.16. The van der Waals surface area contributed by atoms with Gasteiger partial charge < -0.3 is 9.32 Å². The fourth-order valence-corrected chi connectivity index (χ4v) is 1.40. The predicted molar refractivity (Wildman–Crippen MR) is 53.9 cm³/mol. The summed E-state index contributed by atoms with van der Waals surface area (Å²) in [6.07, 6.45) is -1.50. The van der Waals surface area contributed by atoms with Crippen LogP contribution in [0, 0.1) is 6.92 Å². The third-order valence-corrected chi connectivity index (χ3v) is 2.11. The molecule has 0 fully saturated rings. The molecular weight excluding hydrogens is 242 g/mol. The number of alkyl halides is 3. The lowest BCUT2D eigenvalue weighted by atomic mass is 10.3. The minimum Gasteiger partial charge on any atom is -0.438 e. The van der Waals surface area contributed by atoms with E-state index in [-0.39, 0.29) is 18.2 Å². The van der Waals surface area contributed by atoms with Crippen LogP contribution in [-0.4, -0.2) is 41.2 Å². The monoisotopic (exact) mass is 252 g/mol. The standard InChI is InChI=1S/C9H11ClF2N2O2/c1-6-8(16-5-13-6)9(15)14(3-2-10)4-7(11)12/h5,7H,2-4H2,1H3. The Morgan fingerprint density at radius 3 is 2.81 bits per heavy atom. The quantitative estimate of drug-likeness (QED) is 0.753. The van der Waals surface area contributed by atoms with Gasteiger partial charge in [-0.2, -0.15) is 0 Å².